The van der Waals surface area contributed by atoms with E-state index in [4.69, 9.17) is 20.2 Å². The molecule has 2 aromatic carbocycles. The minimum atomic E-state index is -1.97. The number of rotatable bonds is 8. The minimum Gasteiger partial charge on any atom is -0.458 e. The lowest BCUT2D eigenvalue weighted by atomic mass is 9.86. The molecule has 0 fully saturated rings. The first-order valence-corrected chi connectivity index (χ1v) is 14.3. The molecule has 2 aliphatic rings. The van der Waals surface area contributed by atoms with Crippen LogP contribution in [-0.4, -0.2) is 52.3 Å². The van der Waals surface area contributed by atoms with Gasteiger partial charge in [-0.3, -0.25) is 14.4 Å². The first-order valence-electron chi connectivity index (χ1n) is 14.3. The van der Waals surface area contributed by atoms with E-state index in [1.54, 1.807) is 50.2 Å². The molecule has 13 heteroatoms. The Balaban J connectivity index is 1.40. The Morgan fingerprint density at radius 1 is 1.16 bits per heavy atom. The zero-order valence-electron chi connectivity index (χ0n) is 24.5. The second kappa shape index (κ2) is 11.5. The van der Waals surface area contributed by atoms with Gasteiger partial charge >= 0.3 is 5.97 Å². The number of carbonyl (C=O) groups excluding carboxylic acids is 3. The molecule has 4 aromatic rings. The largest absolute Gasteiger partial charge is 0.458 e. The minimum absolute atomic E-state index is 0.00926. The van der Waals surface area contributed by atoms with Crippen molar-refractivity contribution in [3.8, 4) is 22.5 Å². The maximum Gasteiger partial charge on any atom is 0.343 e. The van der Waals surface area contributed by atoms with Crippen LogP contribution in [0.25, 0.3) is 33.4 Å². The SMILES string of the molecule is CC[C@@]1(O)C(=O)OCc2c1cc1n(c2=O)Cc2c-1nc1cc(F)c(C)cc1c2-c1ccc(NC(=O)COCNC(=O)CN)cc1. The van der Waals surface area contributed by atoms with Gasteiger partial charge in [-0.25, -0.2) is 14.2 Å². The van der Waals surface area contributed by atoms with Crippen LogP contribution in [0.4, 0.5) is 10.1 Å². The second-order valence-corrected chi connectivity index (χ2v) is 11.0. The molecule has 6 rings (SSSR count). The first-order chi connectivity index (χ1) is 21.5. The van der Waals surface area contributed by atoms with E-state index < -0.39 is 34.8 Å². The summed E-state index contributed by atoms with van der Waals surface area (Å²) in [4.78, 5) is 54.6. The highest BCUT2D eigenvalue weighted by Gasteiger charge is 2.45. The number of nitrogens with two attached hydrogens (primary N) is 1. The number of anilines is 1. The van der Waals surface area contributed by atoms with Gasteiger partial charge < -0.3 is 35.5 Å². The second-order valence-electron chi connectivity index (χ2n) is 11.0. The van der Waals surface area contributed by atoms with E-state index in [0.29, 0.717) is 39.1 Å². The third kappa shape index (κ3) is 5.14. The first kappa shape index (κ1) is 30.1. The molecule has 1 atom stereocenters. The number of halogens is 1. The van der Waals surface area contributed by atoms with E-state index in [2.05, 4.69) is 10.6 Å². The van der Waals surface area contributed by atoms with E-state index in [1.165, 1.54) is 10.6 Å². The number of carbonyl (C=O) groups is 3. The van der Waals surface area contributed by atoms with Crippen molar-refractivity contribution in [2.75, 3.05) is 25.2 Å². The number of hydrogen-bond acceptors (Lipinski definition) is 9. The lowest BCUT2D eigenvalue weighted by molar-refractivity contribution is -0.172. The van der Waals surface area contributed by atoms with Crippen molar-refractivity contribution in [3.63, 3.8) is 0 Å². The van der Waals surface area contributed by atoms with Crippen LogP contribution in [0.5, 0.6) is 0 Å². The fourth-order valence-electron chi connectivity index (χ4n) is 5.80. The Labute approximate surface area is 256 Å². The monoisotopic (exact) mass is 615 g/mol. The molecule has 2 amide bonds. The Morgan fingerprint density at radius 3 is 2.62 bits per heavy atom. The van der Waals surface area contributed by atoms with Gasteiger partial charge in [0.05, 0.1) is 35.6 Å². The molecule has 0 bridgehead atoms. The molecule has 2 aliphatic heterocycles. The Hall–Kier alpha value is -4.98. The lowest BCUT2D eigenvalue weighted by Gasteiger charge is -2.31. The number of aromatic nitrogens is 2. The molecule has 0 saturated heterocycles. The molecule has 2 aromatic heterocycles. The number of aliphatic hydroxyl groups is 1. The molecule has 0 aliphatic carbocycles. The van der Waals surface area contributed by atoms with Crippen molar-refractivity contribution >= 4 is 34.4 Å². The summed E-state index contributed by atoms with van der Waals surface area (Å²) in [6.07, 6.45) is 0.00926. The number of nitrogens with one attached hydrogen (secondary N) is 2. The zero-order valence-corrected chi connectivity index (χ0v) is 24.5. The van der Waals surface area contributed by atoms with E-state index in [1.807, 2.05) is 0 Å². The third-order valence-corrected chi connectivity index (χ3v) is 8.22. The number of benzene rings is 2. The van der Waals surface area contributed by atoms with Crippen LogP contribution in [0.1, 0.15) is 35.6 Å². The quantitative estimate of drug-likeness (QED) is 0.116. The smallest absolute Gasteiger partial charge is 0.343 e. The maximum absolute atomic E-state index is 14.8. The number of ether oxygens (including phenoxy) is 2. The summed E-state index contributed by atoms with van der Waals surface area (Å²) in [5, 5.41) is 17.0. The van der Waals surface area contributed by atoms with Gasteiger partial charge in [-0.15, -0.1) is 0 Å². The standard InChI is InChI=1S/C32H30FN5O7/c1-3-32(43)22-9-25-29-20(12-38(25)30(41)21(22)13-45-31(32)42)28(19-8-16(2)23(33)10-24(19)37-29)17-4-6-18(7-5-17)36-27(40)14-44-15-35-26(39)11-34/h4-10,43H,3,11-15,34H2,1-2H3,(H,35,39)(H,36,40)/t32-/m0/s1. The van der Waals surface area contributed by atoms with Crippen molar-refractivity contribution in [3.05, 3.63) is 80.9 Å². The summed E-state index contributed by atoms with van der Waals surface area (Å²) in [6, 6.07) is 11.7. The number of cyclic esters (lactones) is 1. The summed E-state index contributed by atoms with van der Waals surface area (Å²) < 4.78 is 26.6. The van der Waals surface area contributed by atoms with E-state index in [9.17, 15) is 28.7 Å². The number of aryl methyl sites for hydroxylation is 1. The van der Waals surface area contributed by atoms with Gasteiger partial charge in [0.15, 0.2) is 5.60 Å². The third-order valence-electron chi connectivity index (χ3n) is 8.22. The van der Waals surface area contributed by atoms with Gasteiger partial charge in [0.2, 0.25) is 11.8 Å². The van der Waals surface area contributed by atoms with Gasteiger partial charge in [-0.05, 0) is 54.3 Å². The summed E-state index contributed by atoms with van der Waals surface area (Å²) in [5.41, 5.74) is 7.53. The Kier molecular flexibility index (Phi) is 7.69. The fourth-order valence-corrected chi connectivity index (χ4v) is 5.80. The zero-order chi connectivity index (χ0) is 32.0. The molecule has 0 unspecified atom stereocenters. The predicted octanol–water partition coefficient (Wildman–Crippen LogP) is 2.18. The topological polar surface area (TPSA) is 175 Å². The number of amides is 2. The molecule has 0 spiro atoms. The summed E-state index contributed by atoms with van der Waals surface area (Å²) in [5.74, 6) is -2.09. The van der Waals surface area contributed by atoms with Crippen LogP contribution in [0.2, 0.25) is 0 Å². The van der Waals surface area contributed by atoms with Crippen molar-refractivity contribution in [2.45, 2.75) is 39.0 Å². The van der Waals surface area contributed by atoms with Crippen LogP contribution >= 0.6 is 0 Å². The highest BCUT2D eigenvalue weighted by atomic mass is 19.1. The van der Waals surface area contributed by atoms with E-state index in [0.717, 1.165) is 11.1 Å². The van der Waals surface area contributed by atoms with E-state index >= 15 is 0 Å². The molecule has 4 heterocycles. The molecule has 5 N–H and O–H groups in total. The average Bonchev–Trinajstić information content (AvgIpc) is 3.39. The van der Waals surface area contributed by atoms with Gasteiger partial charge in [0, 0.05) is 28.3 Å². The predicted molar refractivity (Wildman–Crippen MR) is 161 cm³/mol. The lowest BCUT2D eigenvalue weighted by Crippen LogP contribution is -2.44. The molecule has 45 heavy (non-hydrogen) atoms. The Morgan fingerprint density at radius 2 is 1.91 bits per heavy atom. The van der Waals surface area contributed by atoms with Crippen molar-refractivity contribution < 1.29 is 33.4 Å². The highest BCUT2D eigenvalue weighted by Crippen LogP contribution is 2.43. The summed E-state index contributed by atoms with van der Waals surface area (Å²) in [7, 11) is 0. The van der Waals surface area contributed by atoms with Crippen molar-refractivity contribution in [2.24, 2.45) is 5.73 Å². The average molecular weight is 616 g/mol. The number of fused-ring (bicyclic) bond motifs is 5. The highest BCUT2D eigenvalue weighted by molar-refractivity contribution is 6.01. The number of pyridine rings is 2. The van der Waals surface area contributed by atoms with Crippen LogP contribution in [0, 0.1) is 12.7 Å². The number of hydrogen-bond donors (Lipinski definition) is 4. The molecular formula is C32H30FN5O7. The van der Waals surface area contributed by atoms with Crippen LogP contribution in [0.15, 0.2) is 47.3 Å². The summed E-state index contributed by atoms with van der Waals surface area (Å²) in [6.45, 7) is 2.56. The van der Waals surface area contributed by atoms with Crippen molar-refractivity contribution in [1.82, 2.24) is 14.9 Å². The molecule has 0 radical (unpaired) electrons. The van der Waals surface area contributed by atoms with Crippen LogP contribution in [0.3, 0.4) is 0 Å². The molecular weight excluding hydrogens is 585 g/mol. The van der Waals surface area contributed by atoms with Gasteiger partial charge in [0.1, 0.15) is 25.8 Å². The van der Waals surface area contributed by atoms with Crippen LogP contribution < -0.4 is 21.9 Å². The van der Waals surface area contributed by atoms with Gasteiger partial charge in [-0.2, -0.15) is 0 Å². The van der Waals surface area contributed by atoms with Gasteiger partial charge in [0.25, 0.3) is 5.56 Å². The molecule has 12 nitrogen and oxygen atoms in total. The maximum atomic E-state index is 14.8. The molecule has 232 valence electrons. The van der Waals surface area contributed by atoms with Crippen LogP contribution in [-0.2, 0) is 42.6 Å². The normalized spacial score (nSPS) is 16.5. The molecule has 0 saturated carbocycles. The fraction of sp³-hybridized carbons (Fsp3) is 0.281. The van der Waals surface area contributed by atoms with Gasteiger partial charge in [-0.1, -0.05) is 19.1 Å². The summed E-state index contributed by atoms with van der Waals surface area (Å²) >= 11 is 0. The Bertz CT molecular complexity index is 1960. The number of esters is 1. The number of nitrogens with zero attached hydrogens (tertiary/aromatic N) is 2. The van der Waals surface area contributed by atoms with E-state index in [-0.39, 0.29) is 50.6 Å². The van der Waals surface area contributed by atoms with Crippen molar-refractivity contribution in [1.29, 1.82) is 0 Å².